The van der Waals surface area contributed by atoms with Gasteiger partial charge in [0.05, 0.1) is 0 Å². The maximum absolute atomic E-state index is 6.28. The fourth-order valence-corrected chi connectivity index (χ4v) is 3.39. The summed E-state index contributed by atoms with van der Waals surface area (Å²) >= 11 is 0. The molecule has 0 aromatic heterocycles. The average molecular weight is 416 g/mol. The van der Waals surface area contributed by atoms with Gasteiger partial charge in [0.25, 0.3) is 0 Å². The van der Waals surface area contributed by atoms with Gasteiger partial charge in [-0.15, -0.1) is 0 Å². The Balaban J connectivity index is 1.79. The topological polar surface area (TPSA) is 27.7 Å². The quantitative estimate of drug-likeness (QED) is 0.243. The second kappa shape index (κ2) is 11.5. The van der Waals surface area contributed by atoms with E-state index in [0.29, 0.717) is 11.5 Å². The highest BCUT2D eigenvalue weighted by Crippen LogP contribution is 2.25. The number of benzene rings is 3. The molecule has 0 aliphatic rings. The van der Waals surface area contributed by atoms with Crippen molar-refractivity contribution in [1.82, 2.24) is 0 Å². The van der Waals surface area contributed by atoms with Crippen molar-refractivity contribution in [1.29, 1.82) is 0 Å². The molecule has 0 saturated carbocycles. The van der Waals surface area contributed by atoms with Gasteiger partial charge < -0.3 is 14.0 Å². The van der Waals surface area contributed by atoms with E-state index >= 15 is 0 Å². The van der Waals surface area contributed by atoms with Crippen molar-refractivity contribution in [3.63, 3.8) is 0 Å². The van der Waals surface area contributed by atoms with Crippen LogP contribution in [0.25, 0.3) is 0 Å². The molecule has 162 valence electrons. The molecular formula is C27H33BO3. The molecule has 0 bridgehead atoms. The molecule has 0 atom stereocenters. The largest absolute Gasteiger partial charge is 0.864 e. The van der Waals surface area contributed by atoms with Gasteiger partial charge in [-0.05, 0) is 69.5 Å². The van der Waals surface area contributed by atoms with Gasteiger partial charge in [0.15, 0.2) is 0 Å². The maximum atomic E-state index is 6.28. The number of hydrogen-bond acceptors (Lipinski definition) is 3. The van der Waals surface area contributed by atoms with Gasteiger partial charge in [0, 0.05) is 0 Å². The summed E-state index contributed by atoms with van der Waals surface area (Å²) in [6.45, 7) is 8.45. The zero-order valence-corrected chi connectivity index (χ0v) is 19.2. The molecule has 0 spiro atoms. The Bertz CT molecular complexity index is 888. The maximum Gasteiger partial charge on any atom is 0.864 e. The highest BCUT2D eigenvalue weighted by Gasteiger charge is 2.31. The molecule has 0 amide bonds. The lowest BCUT2D eigenvalue weighted by atomic mass is 10.0. The molecule has 0 aliphatic heterocycles. The standard InChI is InChI=1S/C27H33BO3/c1-5-6-7-8-9-24-20-23(4)14-19-27(24)31-28(29-25-15-10-21(2)11-16-25)30-26-17-12-22(3)13-18-26/h10-20H,5-9H2,1-4H3. The lowest BCUT2D eigenvalue weighted by Crippen LogP contribution is -2.37. The van der Waals surface area contributed by atoms with Crippen molar-refractivity contribution in [3.05, 3.63) is 89.0 Å². The van der Waals surface area contributed by atoms with E-state index in [1.807, 2.05) is 54.6 Å². The summed E-state index contributed by atoms with van der Waals surface area (Å²) in [6.07, 6.45) is 5.85. The van der Waals surface area contributed by atoms with Gasteiger partial charge in [-0.1, -0.05) is 79.3 Å². The molecule has 0 aliphatic carbocycles. The van der Waals surface area contributed by atoms with Crippen LogP contribution in [0.15, 0.2) is 66.7 Å². The van der Waals surface area contributed by atoms with Crippen LogP contribution in [0, 0.1) is 20.8 Å². The Hall–Kier alpha value is -2.88. The number of unbranched alkanes of at least 4 members (excludes halogenated alkanes) is 3. The molecule has 0 fully saturated rings. The van der Waals surface area contributed by atoms with Crippen LogP contribution >= 0.6 is 0 Å². The molecule has 0 unspecified atom stereocenters. The lowest BCUT2D eigenvalue weighted by Gasteiger charge is -2.19. The molecule has 4 heteroatoms. The van der Waals surface area contributed by atoms with Gasteiger partial charge in [0.2, 0.25) is 0 Å². The molecule has 0 radical (unpaired) electrons. The van der Waals surface area contributed by atoms with Crippen LogP contribution in [0.4, 0.5) is 0 Å². The summed E-state index contributed by atoms with van der Waals surface area (Å²) in [5.41, 5.74) is 4.78. The third kappa shape index (κ3) is 7.39. The van der Waals surface area contributed by atoms with E-state index in [1.54, 1.807) is 0 Å². The van der Waals surface area contributed by atoms with Crippen molar-refractivity contribution in [2.75, 3.05) is 0 Å². The van der Waals surface area contributed by atoms with Crippen LogP contribution in [0.2, 0.25) is 0 Å². The molecule has 31 heavy (non-hydrogen) atoms. The summed E-state index contributed by atoms with van der Waals surface area (Å²) in [6, 6.07) is 22.1. The van der Waals surface area contributed by atoms with Crippen molar-refractivity contribution >= 4 is 7.32 Å². The van der Waals surface area contributed by atoms with E-state index < -0.39 is 7.32 Å². The zero-order chi connectivity index (χ0) is 22.1. The van der Waals surface area contributed by atoms with E-state index in [-0.39, 0.29) is 0 Å². The second-order valence-electron chi connectivity index (χ2n) is 8.19. The fraction of sp³-hybridized carbons (Fsp3) is 0.333. The Morgan fingerprint density at radius 1 is 0.613 bits per heavy atom. The van der Waals surface area contributed by atoms with E-state index in [0.717, 1.165) is 18.6 Å². The van der Waals surface area contributed by atoms with E-state index in [9.17, 15) is 0 Å². The average Bonchev–Trinajstić information content (AvgIpc) is 2.76. The fourth-order valence-electron chi connectivity index (χ4n) is 3.39. The van der Waals surface area contributed by atoms with E-state index in [4.69, 9.17) is 14.0 Å². The molecule has 3 rings (SSSR count). The predicted octanol–water partition coefficient (Wildman–Crippen LogP) is 7.26. The van der Waals surface area contributed by atoms with Crippen LogP contribution in [-0.4, -0.2) is 7.32 Å². The number of aryl methyl sites for hydroxylation is 4. The summed E-state index contributed by atoms with van der Waals surface area (Å²) < 4.78 is 18.5. The molecule has 0 N–H and O–H groups in total. The minimum absolute atomic E-state index is 0.708. The summed E-state index contributed by atoms with van der Waals surface area (Å²) in [4.78, 5) is 0. The highest BCUT2D eigenvalue weighted by atomic mass is 16.7. The molecule has 3 aromatic carbocycles. The number of hydrogen-bond donors (Lipinski definition) is 0. The van der Waals surface area contributed by atoms with E-state index in [2.05, 4.69) is 39.8 Å². The van der Waals surface area contributed by atoms with Crippen LogP contribution in [-0.2, 0) is 6.42 Å². The number of rotatable bonds is 11. The Morgan fingerprint density at radius 2 is 1.16 bits per heavy atom. The summed E-state index contributed by atoms with van der Waals surface area (Å²) in [5.74, 6) is 2.23. The van der Waals surface area contributed by atoms with Gasteiger partial charge in [-0.25, -0.2) is 0 Å². The SMILES string of the molecule is CCCCCCc1cc(C)ccc1OB(Oc1ccc(C)cc1)Oc1ccc(C)cc1. The first-order chi connectivity index (χ1) is 15.0. The Labute approximate surface area is 187 Å². The molecule has 0 heterocycles. The molecular weight excluding hydrogens is 383 g/mol. The molecule has 3 aromatic rings. The summed E-state index contributed by atoms with van der Waals surface area (Å²) in [7, 11) is -0.887. The van der Waals surface area contributed by atoms with Crippen molar-refractivity contribution in [2.24, 2.45) is 0 Å². The van der Waals surface area contributed by atoms with Gasteiger partial charge in [-0.2, -0.15) is 0 Å². The molecule has 3 nitrogen and oxygen atoms in total. The minimum atomic E-state index is -0.887. The third-order valence-corrected chi connectivity index (χ3v) is 5.25. The molecule has 0 saturated heterocycles. The van der Waals surface area contributed by atoms with Gasteiger partial charge in [0.1, 0.15) is 17.2 Å². The first-order valence-electron chi connectivity index (χ1n) is 11.3. The second-order valence-corrected chi connectivity index (χ2v) is 8.19. The first kappa shape index (κ1) is 22.8. The van der Waals surface area contributed by atoms with E-state index in [1.165, 1.54) is 41.5 Å². The monoisotopic (exact) mass is 416 g/mol. The normalized spacial score (nSPS) is 10.6. The zero-order valence-electron chi connectivity index (χ0n) is 19.2. The first-order valence-corrected chi connectivity index (χ1v) is 11.3. The van der Waals surface area contributed by atoms with Crippen LogP contribution < -0.4 is 14.0 Å². The van der Waals surface area contributed by atoms with Crippen molar-refractivity contribution in [3.8, 4) is 17.2 Å². The van der Waals surface area contributed by atoms with Crippen molar-refractivity contribution in [2.45, 2.75) is 59.8 Å². The lowest BCUT2D eigenvalue weighted by molar-refractivity contribution is 0.305. The van der Waals surface area contributed by atoms with Crippen LogP contribution in [0.3, 0.4) is 0 Å². The summed E-state index contributed by atoms with van der Waals surface area (Å²) in [5, 5.41) is 0. The highest BCUT2D eigenvalue weighted by molar-refractivity contribution is 6.39. The third-order valence-electron chi connectivity index (χ3n) is 5.25. The smallest absolute Gasteiger partial charge is 0.490 e. The van der Waals surface area contributed by atoms with Gasteiger partial charge >= 0.3 is 7.32 Å². The Kier molecular flexibility index (Phi) is 8.46. The van der Waals surface area contributed by atoms with Crippen LogP contribution in [0.1, 0.15) is 54.9 Å². The van der Waals surface area contributed by atoms with Crippen LogP contribution in [0.5, 0.6) is 17.2 Å². The van der Waals surface area contributed by atoms with Gasteiger partial charge in [-0.3, -0.25) is 0 Å². The van der Waals surface area contributed by atoms with Crippen molar-refractivity contribution < 1.29 is 14.0 Å². The minimum Gasteiger partial charge on any atom is -0.490 e. The Morgan fingerprint density at radius 3 is 1.71 bits per heavy atom. The predicted molar refractivity (Wildman–Crippen MR) is 129 cm³/mol.